The van der Waals surface area contributed by atoms with Crippen molar-refractivity contribution in [2.24, 2.45) is 0 Å². The largest absolute Gasteiger partial charge is 0.497 e. The van der Waals surface area contributed by atoms with Gasteiger partial charge in [0.25, 0.3) is 0 Å². The fourth-order valence-electron chi connectivity index (χ4n) is 2.75. The maximum absolute atomic E-state index is 12.2. The highest BCUT2D eigenvalue weighted by Gasteiger charge is 2.32. The number of hydrogen-bond acceptors (Lipinski definition) is 3. The van der Waals surface area contributed by atoms with Crippen LogP contribution in [-0.4, -0.2) is 18.0 Å². The zero-order valence-corrected chi connectivity index (χ0v) is 12.0. The molecule has 0 aromatic heterocycles. The van der Waals surface area contributed by atoms with Gasteiger partial charge >= 0.3 is 0 Å². The van der Waals surface area contributed by atoms with Gasteiger partial charge in [-0.05, 0) is 42.8 Å². The van der Waals surface area contributed by atoms with E-state index in [2.05, 4.69) is 10.6 Å². The topological polar surface area (TPSA) is 50.4 Å². The Labute approximate surface area is 123 Å². The number of Topliss-reactive ketones (excluding diaryl/α,β-unsaturated/α-hetero) is 1. The predicted octanol–water partition coefficient (Wildman–Crippen LogP) is 2.22. The number of ether oxygens (including phenoxy) is 1. The number of hydrogen-bond donors (Lipinski definition) is 2. The minimum atomic E-state index is -0.155. The molecule has 0 saturated carbocycles. The van der Waals surface area contributed by atoms with Crippen molar-refractivity contribution in [2.75, 3.05) is 7.11 Å². The average Bonchev–Trinajstić information content (AvgIpc) is 2.46. The van der Waals surface area contributed by atoms with Crippen LogP contribution in [0.3, 0.4) is 0 Å². The molecule has 0 radical (unpaired) electrons. The first-order valence-electron chi connectivity index (χ1n) is 6.67. The highest BCUT2D eigenvalue weighted by Crippen LogP contribution is 2.33. The molecule has 5 heteroatoms. The lowest BCUT2D eigenvalue weighted by atomic mass is 9.85. The number of nitrogens with one attached hydrogen (secondary N) is 2. The first-order chi connectivity index (χ1) is 9.69. The number of carbonyl (C=O) groups is 1. The van der Waals surface area contributed by atoms with Crippen LogP contribution in [0.5, 0.6) is 5.75 Å². The van der Waals surface area contributed by atoms with E-state index in [1.54, 1.807) is 7.11 Å². The van der Waals surface area contributed by atoms with Crippen LogP contribution in [-0.2, 0) is 4.79 Å². The summed E-state index contributed by atoms with van der Waals surface area (Å²) in [6.45, 7) is 0. The zero-order valence-electron chi connectivity index (χ0n) is 11.2. The molecule has 0 saturated heterocycles. The lowest BCUT2D eigenvalue weighted by Crippen LogP contribution is -2.46. The summed E-state index contributed by atoms with van der Waals surface area (Å²) in [7, 11) is 1.64. The first-order valence-corrected chi connectivity index (χ1v) is 7.07. The van der Waals surface area contributed by atoms with E-state index in [0.717, 1.165) is 35.4 Å². The van der Waals surface area contributed by atoms with Crippen LogP contribution in [0, 0.1) is 0 Å². The second kappa shape index (κ2) is 5.25. The molecule has 2 N–H and O–H groups in total. The number of ketones is 1. The van der Waals surface area contributed by atoms with Crippen molar-refractivity contribution in [3.63, 3.8) is 0 Å². The summed E-state index contributed by atoms with van der Waals surface area (Å²) in [5.74, 6) is 1.00. The monoisotopic (exact) mass is 288 g/mol. The number of rotatable bonds is 2. The summed E-state index contributed by atoms with van der Waals surface area (Å²) >= 11 is 5.25. The van der Waals surface area contributed by atoms with Crippen molar-refractivity contribution in [1.29, 1.82) is 0 Å². The van der Waals surface area contributed by atoms with Gasteiger partial charge in [-0.25, -0.2) is 0 Å². The Morgan fingerprint density at radius 3 is 2.70 bits per heavy atom. The van der Waals surface area contributed by atoms with Crippen molar-refractivity contribution >= 4 is 23.1 Å². The summed E-state index contributed by atoms with van der Waals surface area (Å²) in [5.41, 5.74) is 2.83. The maximum atomic E-state index is 12.2. The van der Waals surface area contributed by atoms with Crippen molar-refractivity contribution < 1.29 is 9.53 Å². The molecule has 0 amide bonds. The molecule has 104 valence electrons. The van der Waals surface area contributed by atoms with E-state index in [1.165, 1.54) is 0 Å². The second-order valence-electron chi connectivity index (χ2n) is 4.97. The van der Waals surface area contributed by atoms with E-state index < -0.39 is 0 Å². The van der Waals surface area contributed by atoms with Crippen molar-refractivity contribution in [2.45, 2.75) is 25.3 Å². The van der Waals surface area contributed by atoms with E-state index in [0.29, 0.717) is 11.5 Å². The minimum absolute atomic E-state index is 0.155. The van der Waals surface area contributed by atoms with Crippen molar-refractivity contribution in [3.8, 4) is 5.75 Å². The van der Waals surface area contributed by atoms with Crippen LogP contribution in [0.4, 0.5) is 0 Å². The molecule has 0 spiro atoms. The van der Waals surface area contributed by atoms with Gasteiger partial charge in [-0.15, -0.1) is 0 Å². The Hall–Kier alpha value is -1.88. The quantitative estimate of drug-likeness (QED) is 0.817. The maximum Gasteiger partial charge on any atom is 0.171 e. The van der Waals surface area contributed by atoms with Gasteiger partial charge in [0.05, 0.1) is 13.2 Å². The van der Waals surface area contributed by atoms with Crippen LogP contribution in [0.1, 0.15) is 30.9 Å². The van der Waals surface area contributed by atoms with Gasteiger partial charge in [0.2, 0.25) is 0 Å². The van der Waals surface area contributed by atoms with Crippen LogP contribution >= 0.6 is 12.2 Å². The lowest BCUT2D eigenvalue weighted by molar-refractivity contribution is -0.116. The molecule has 1 aromatic rings. The van der Waals surface area contributed by atoms with Crippen LogP contribution in [0.25, 0.3) is 0 Å². The van der Waals surface area contributed by atoms with Gasteiger partial charge in [-0.3, -0.25) is 4.79 Å². The molecule has 2 aliphatic rings. The summed E-state index contributed by atoms with van der Waals surface area (Å²) in [6.07, 6.45) is 2.39. The number of benzene rings is 1. The second-order valence-corrected chi connectivity index (χ2v) is 5.38. The fraction of sp³-hybridized carbons (Fsp3) is 0.333. The third-order valence-corrected chi connectivity index (χ3v) is 3.95. The Kier molecular flexibility index (Phi) is 3.44. The Bertz CT molecular complexity index is 592. The summed E-state index contributed by atoms with van der Waals surface area (Å²) in [5, 5.41) is 6.91. The lowest BCUT2D eigenvalue weighted by Gasteiger charge is -2.33. The molecule has 1 aromatic carbocycles. The number of allylic oxidation sites excluding steroid dienone is 1. The predicted molar refractivity (Wildman–Crippen MR) is 80.5 cm³/mol. The van der Waals surface area contributed by atoms with E-state index >= 15 is 0 Å². The number of thiocarbonyl (C=S) groups is 1. The van der Waals surface area contributed by atoms with Gasteiger partial charge in [-0.2, -0.15) is 0 Å². The molecule has 0 unspecified atom stereocenters. The Balaban J connectivity index is 2.01. The Morgan fingerprint density at radius 1 is 1.25 bits per heavy atom. The molecule has 1 aliphatic heterocycles. The normalized spacial score (nSPS) is 21.9. The molecule has 1 aliphatic carbocycles. The summed E-state index contributed by atoms with van der Waals surface area (Å²) in [6, 6.07) is 7.58. The SMILES string of the molecule is COc1ccc([C@@H]2NC(=S)NC3=C2C(=O)CCC3)cc1. The molecule has 0 fully saturated rings. The molecule has 4 nitrogen and oxygen atoms in total. The minimum Gasteiger partial charge on any atom is -0.497 e. The Morgan fingerprint density at radius 2 is 2.00 bits per heavy atom. The summed E-state index contributed by atoms with van der Waals surface area (Å²) in [4.78, 5) is 12.2. The molecule has 20 heavy (non-hydrogen) atoms. The van der Waals surface area contributed by atoms with Gasteiger partial charge in [0.1, 0.15) is 5.75 Å². The van der Waals surface area contributed by atoms with E-state index in [1.807, 2.05) is 24.3 Å². The third kappa shape index (κ3) is 2.29. The highest BCUT2D eigenvalue weighted by molar-refractivity contribution is 7.80. The highest BCUT2D eigenvalue weighted by atomic mass is 32.1. The van der Waals surface area contributed by atoms with Crippen LogP contribution in [0.15, 0.2) is 35.5 Å². The summed E-state index contributed by atoms with van der Waals surface area (Å²) < 4.78 is 5.17. The van der Waals surface area contributed by atoms with Gasteiger partial charge in [-0.1, -0.05) is 12.1 Å². The molecule has 1 atom stereocenters. The van der Waals surface area contributed by atoms with Crippen LogP contribution in [0.2, 0.25) is 0 Å². The number of methoxy groups -OCH3 is 1. The zero-order chi connectivity index (χ0) is 14.1. The fourth-order valence-corrected chi connectivity index (χ4v) is 2.99. The first kappa shape index (κ1) is 13.1. The van der Waals surface area contributed by atoms with E-state index in [-0.39, 0.29) is 11.8 Å². The molecular weight excluding hydrogens is 272 g/mol. The van der Waals surface area contributed by atoms with E-state index in [4.69, 9.17) is 17.0 Å². The van der Waals surface area contributed by atoms with Gasteiger partial charge < -0.3 is 15.4 Å². The molecule has 3 rings (SSSR count). The molecule has 1 heterocycles. The van der Waals surface area contributed by atoms with Crippen LogP contribution < -0.4 is 15.4 Å². The smallest absolute Gasteiger partial charge is 0.171 e. The van der Waals surface area contributed by atoms with Crippen molar-refractivity contribution in [1.82, 2.24) is 10.6 Å². The molecular formula is C15H16N2O2S. The van der Waals surface area contributed by atoms with Crippen molar-refractivity contribution in [3.05, 3.63) is 41.1 Å². The third-order valence-electron chi connectivity index (χ3n) is 3.73. The number of carbonyl (C=O) groups excluding carboxylic acids is 1. The standard InChI is InChI=1S/C15H16N2O2S/c1-19-10-7-5-9(6-8-10)14-13-11(16-15(20)17-14)3-2-4-12(13)18/h5-8,14H,2-4H2,1H3,(H2,16,17,20)/t14-/m0/s1. The van der Waals surface area contributed by atoms with Gasteiger partial charge in [0.15, 0.2) is 10.9 Å². The average molecular weight is 288 g/mol. The van der Waals surface area contributed by atoms with E-state index in [9.17, 15) is 4.79 Å². The molecule has 0 bridgehead atoms. The van der Waals surface area contributed by atoms with Gasteiger partial charge in [0, 0.05) is 17.7 Å².